The van der Waals surface area contributed by atoms with Crippen molar-refractivity contribution in [2.75, 3.05) is 0 Å². The molecule has 0 aromatic heterocycles. The highest BCUT2D eigenvalue weighted by molar-refractivity contribution is 6.33. The Hall–Kier alpha value is -0.300. The molecule has 0 aliphatic heterocycles. The molecule has 0 saturated carbocycles. The van der Waals surface area contributed by atoms with Crippen LogP contribution in [-0.4, -0.2) is 11.2 Å². The van der Waals surface area contributed by atoms with Gasteiger partial charge in [0.05, 0.1) is 0 Å². The predicted molar refractivity (Wildman–Crippen MR) is 48.9 cm³/mol. The topological polar surface area (TPSA) is 17.1 Å². The summed E-state index contributed by atoms with van der Waals surface area (Å²) in [5.74, 6) is 0.0340. The van der Waals surface area contributed by atoms with Gasteiger partial charge >= 0.3 is 0 Å². The molecule has 0 fully saturated rings. The van der Waals surface area contributed by atoms with Crippen molar-refractivity contribution in [2.45, 2.75) is 33.1 Å². The summed E-state index contributed by atoms with van der Waals surface area (Å²) in [6.07, 6.45) is 0. The number of Topliss-reactive ketones (excluding diaryl/α,β-unsaturated/α-hetero) is 1. The minimum Gasteiger partial charge on any atom is -0.297 e. The van der Waals surface area contributed by atoms with Crippen molar-refractivity contribution in [3.8, 4) is 0 Å². The van der Waals surface area contributed by atoms with Crippen molar-refractivity contribution in [1.29, 1.82) is 0 Å². The third-order valence-corrected chi connectivity index (χ3v) is 1.97. The zero-order valence-corrected chi connectivity index (χ0v) is 8.33. The molecule has 0 aliphatic rings. The van der Waals surface area contributed by atoms with E-state index in [2.05, 4.69) is 6.58 Å². The van der Waals surface area contributed by atoms with Crippen LogP contribution in [-0.2, 0) is 4.79 Å². The summed E-state index contributed by atoms with van der Waals surface area (Å²) < 4.78 is 0. The maximum atomic E-state index is 11.4. The standard InChI is InChI=1S/C9H15ClO/c1-6(2)7(10)8(11)9(3,4)5/h7H,1H2,2-5H3. The Morgan fingerprint density at radius 2 is 1.82 bits per heavy atom. The quantitative estimate of drug-likeness (QED) is 0.465. The van der Waals surface area contributed by atoms with Gasteiger partial charge in [0.2, 0.25) is 0 Å². The van der Waals surface area contributed by atoms with E-state index in [1.807, 2.05) is 20.8 Å². The maximum Gasteiger partial charge on any atom is 0.160 e. The summed E-state index contributed by atoms with van der Waals surface area (Å²) in [5.41, 5.74) is 0.345. The summed E-state index contributed by atoms with van der Waals surface area (Å²) in [4.78, 5) is 11.4. The molecule has 0 heterocycles. The van der Waals surface area contributed by atoms with Gasteiger partial charge in [-0.2, -0.15) is 0 Å². The molecule has 0 N–H and O–H groups in total. The van der Waals surface area contributed by atoms with Gasteiger partial charge in [-0.25, -0.2) is 0 Å². The number of alkyl halides is 1. The summed E-state index contributed by atoms with van der Waals surface area (Å²) in [5, 5.41) is -0.532. The maximum absolute atomic E-state index is 11.4. The fourth-order valence-electron chi connectivity index (χ4n) is 0.604. The zero-order chi connectivity index (χ0) is 9.23. The number of allylic oxidation sites excluding steroid dienone is 1. The average Bonchev–Trinajstić information content (AvgIpc) is 1.82. The molecule has 1 unspecified atom stereocenters. The van der Waals surface area contributed by atoms with Crippen LogP contribution >= 0.6 is 11.6 Å². The van der Waals surface area contributed by atoms with Crippen molar-refractivity contribution in [3.63, 3.8) is 0 Å². The molecule has 1 atom stereocenters. The molecule has 2 heteroatoms. The predicted octanol–water partition coefficient (Wildman–Crippen LogP) is 2.79. The number of carbonyl (C=O) groups excluding carboxylic acids is 1. The van der Waals surface area contributed by atoms with Crippen LogP contribution in [0.1, 0.15) is 27.7 Å². The van der Waals surface area contributed by atoms with Crippen LogP contribution < -0.4 is 0 Å². The molecule has 11 heavy (non-hydrogen) atoms. The second-order valence-electron chi connectivity index (χ2n) is 3.82. The van der Waals surface area contributed by atoms with E-state index in [0.29, 0.717) is 5.57 Å². The smallest absolute Gasteiger partial charge is 0.160 e. The number of hydrogen-bond acceptors (Lipinski definition) is 1. The first-order valence-corrected chi connectivity index (χ1v) is 4.04. The van der Waals surface area contributed by atoms with E-state index in [1.54, 1.807) is 6.92 Å². The molecule has 0 bridgehead atoms. The lowest BCUT2D eigenvalue weighted by Crippen LogP contribution is -2.29. The second-order valence-corrected chi connectivity index (χ2v) is 4.26. The normalized spacial score (nSPS) is 14.3. The Labute approximate surface area is 73.4 Å². The van der Waals surface area contributed by atoms with E-state index in [-0.39, 0.29) is 11.2 Å². The average molecular weight is 175 g/mol. The molecule has 0 saturated heterocycles. The van der Waals surface area contributed by atoms with Crippen LogP contribution in [0.25, 0.3) is 0 Å². The highest BCUT2D eigenvalue weighted by atomic mass is 35.5. The fourth-order valence-corrected chi connectivity index (χ4v) is 0.931. The molecule has 0 aliphatic carbocycles. The molecule has 0 spiro atoms. The third-order valence-electron chi connectivity index (χ3n) is 1.40. The highest BCUT2D eigenvalue weighted by Gasteiger charge is 2.28. The lowest BCUT2D eigenvalue weighted by Gasteiger charge is -2.20. The zero-order valence-electron chi connectivity index (χ0n) is 7.57. The minimum atomic E-state index is -0.532. The van der Waals surface area contributed by atoms with Crippen LogP contribution in [0, 0.1) is 5.41 Å². The van der Waals surface area contributed by atoms with Crippen LogP contribution in [0.15, 0.2) is 12.2 Å². The largest absolute Gasteiger partial charge is 0.297 e. The van der Waals surface area contributed by atoms with Gasteiger partial charge in [0.1, 0.15) is 5.38 Å². The van der Waals surface area contributed by atoms with E-state index in [9.17, 15) is 4.79 Å². The van der Waals surface area contributed by atoms with Crippen molar-refractivity contribution in [2.24, 2.45) is 5.41 Å². The number of hydrogen-bond donors (Lipinski definition) is 0. The molecule has 1 nitrogen and oxygen atoms in total. The van der Waals surface area contributed by atoms with Gasteiger partial charge in [-0.05, 0) is 6.92 Å². The van der Waals surface area contributed by atoms with Gasteiger partial charge in [-0.3, -0.25) is 4.79 Å². The van der Waals surface area contributed by atoms with E-state index < -0.39 is 5.38 Å². The summed E-state index contributed by atoms with van der Waals surface area (Å²) in [6, 6.07) is 0. The summed E-state index contributed by atoms with van der Waals surface area (Å²) in [7, 11) is 0. The first kappa shape index (κ1) is 10.7. The molecule has 0 aromatic rings. The Bertz CT molecular complexity index is 176. The lowest BCUT2D eigenvalue weighted by molar-refractivity contribution is -0.125. The molecular weight excluding hydrogens is 160 g/mol. The van der Waals surface area contributed by atoms with Crippen molar-refractivity contribution in [3.05, 3.63) is 12.2 Å². The Kier molecular flexibility index (Phi) is 3.30. The molecule has 0 radical (unpaired) electrons. The molecular formula is C9H15ClO. The fraction of sp³-hybridized carbons (Fsp3) is 0.667. The van der Waals surface area contributed by atoms with Crippen LogP contribution in [0.5, 0.6) is 0 Å². The Morgan fingerprint density at radius 1 is 1.45 bits per heavy atom. The van der Waals surface area contributed by atoms with E-state index >= 15 is 0 Å². The first-order valence-electron chi connectivity index (χ1n) is 3.60. The second kappa shape index (κ2) is 3.40. The monoisotopic (exact) mass is 174 g/mol. The number of ketones is 1. The van der Waals surface area contributed by atoms with E-state index in [0.717, 1.165) is 0 Å². The number of carbonyl (C=O) groups is 1. The van der Waals surface area contributed by atoms with Crippen LogP contribution in [0.3, 0.4) is 0 Å². The van der Waals surface area contributed by atoms with Gasteiger partial charge in [0, 0.05) is 5.41 Å². The Balaban J connectivity index is 4.39. The summed E-state index contributed by atoms with van der Waals surface area (Å²) in [6.45, 7) is 11.0. The van der Waals surface area contributed by atoms with Gasteiger partial charge in [0.15, 0.2) is 5.78 Å². The highest BCUT2D eigenvalue weighted by Crippen LogP contribution is 2.22. The van der Waals surface area contributed by atoms with Crippen molar-refractivity contribution >= 4 is 17.4 Å². The van der Waals surface area contributed by atoms with E-state index in [1.165, 1.54) is 0 Å². The molecule has 64 valence electrons. The van der Waals surface area contributed by atoms with Gasteiger partial charge in [0.25, 0.3) is 0 Å². The van der Waals surface area contributed by atoms with Crippen molar-refractivity contribution in [1.82, 2.24) is 0 Å². The van der Waals surface area contributed by atoms with Crippen molar-refractivity contribution < 1.29 is 4.79 Å². The van der Waals surface area contributed by atoms with Gasteiger partial charge < -0.3 is 0 Å². The summed E-state index contributed by atoms with van der Waals surface area (Å²) >= 11 is 5.80. The minimum absolute atomic E-state index is 0.0340. The molecule has 0 amide bonds. The SMILES string of the molecule is C=C(C)C(Cl)C(=O)C(C)(C)C. The van der Waals surface area contributed by atoms with E-state index in [4.69, 9.17) is 11.6 Å². The molecule has 0 aromatic carbocycles. The van der Waals surface area contributed by atoms with Gasteiger partial charge in [-0.1, -0.05) is 32.9 Å². The lowest BCUT2D eigenvalue weighted by atomic mass is 9.87. The number of rotatable bonds is 2. The first-order chi connectivity index (χ1) is 4.76. The third kappa shape index (κ3) is 3.06. The van der Waals surface area contributed by atoms with Crippen LogP contribution in [0.2, 0.25) is 0 Å². The van der Waals surface area contributed by atoms with Gasteiger partial charge in [-0.15, -0.1) is 11.6 Å². The molecule has 0 rings (SSSR count). The Morgan fingerprint density at radius 3 is 1.91 bits per heavy atom. The van der Waals surface area contributed by atoms with Crippen LogP contribution in [0.4, 0.5) is 0 Å². The number of halogens is 1.